The van der Waals surface area contributed by atoms with Gasteiger partial charge < -0.3 is 10.2 Å². The maximum Gasteiger partial charge on any atom is 0.433 e. The molecule has 30 heavy (non-hydrogen) atoms. The topological polar surface area (TPSA) is 79.7 Å². The Labute approximate surface area is 171 Å². The van der Waals surface area contributed by atoms with Crippen molar-refractivity contribution < 1.29 is 13.2 Å². The van der Waals surface area contributed by atoms with E-state index in [-0.39, 0.29) is 17.1 Å². The third-order valence-electron chi connectivity index (χ3n) is 4.57. The highest BCUT2D eigenvalue weighted by molar-refractivity contribution is 5.59. The van der Waals surface area contributed by atoms with Crippen LogP contribution in [0.4, 0.5) is 30.8 Å². The number of aromatic nitrogens is 5. The molecule has 0 amide bonds. The van der Waals surface area contributed by atoms with Gasteiger partial charge in [0.05, 0.1) is 0 Å². The molecule has 1 N–H and O–H groups in total. The fourth-order valence-electron chi connectivity index (χ4n) is 3.27. The normalized spacial score (nSPS) is 15.6. The zero-order valence-electron chi connectivity index (χ0n) is 16.7. The van der Waals surface area contributed by atoms with Crippen molar-refractivity contribution in [1.29, 1.82) is 0 Å². The van der Waals surface area contributed by atoms with Gasteiger partial charge in [0.25, 0.3) is 0 Å². The number of pyridine rings is 2. The van der Waals surface area contributed by atoms with Crippen LogP contribution in [0.3, 0.4) is 0 Å². The third kappa shape index (κ3) is 4.32. The van der Waals surface area contributed by atoms with Gasteiger partial charge in [-0.3, -0.25) is 4.98 Å². The Balaban J connectivity index is 1.71. The van der Waals surface area contributed by atoms with Gasteiger partial charge in [-0.05, 0) is 36.6 Å². The van der Waals surface area contributed by atoms with E-state index in [2.05, 4.69) is 44.1 Å². The minimum Gasteiger partial charge on any atom is -0.339 e. The quantitative estimate of drug-likeness (QED) is 0.682. The van der Waals surface area contributed by atoms with E-state index in [0.717, 1.165) is 31.0 Å². The van der Waals surface area contributed by atoms with Gasteiger partial charge in [0.2, 0.25) is 11.9 Å². The summed E-state index contributed by atoms with van der Waals surface area (Å²) in [4.78, 5) is 23.2. The van der Waals surface area contributed by atoms with Crippen molar-refractivity contribution in [1.82, 2.24) is 24.9 Å². The first-order chi connectivity index (χ1) is 14.1. The zero-order chi connectivity index (χ0) is 21.5. The predicted octanol–water partition coefficient (Wildman–Crippen LogP) is 4.25. The minimum atomic E-state index is -4.54. The zero-order valence-corrected chi connectivity index (χ0v) is 16.7. The Morgan fingerprint density at radius 3 is 2.47 bits per heavy atom. The fourth-order valence-corrected chi connectivity index (χ4v) is 3.27. The molecule has 0 radical (unpaired) electrons. The Kier molecular flexibility index (Phi) is 4.79. The minimum absolute atomic E-state index is 0.141. The van der Waals surface area contributed by atoms with Crippen LogP contribution in [0.5, 0.6) is 0 Å². The lowest BCUT2D eigenvalue weighted by atomic mass is 9.85. The van der Waals surface area contributed by atoms with Gasteiger partial charge in [-0.2, -0.15) is 28.1 Å². The van der Waals surface area contributed by atoms with E-state index in [9.17, 15) is 13.2 Å². The Bertz CT molecular complexity index is 1070. The van der Waals surface area contributed by atoms with Gasteiger partial charge in [0.15, 0.2) is 5.82 Å². The van der Waals surface area contributed by atoms with Crippen molar-refractivity contribution in [3.63, 3.8) is 0 Å². The highest BCUT2D eigenvalue weighted by atomic mass is 19.4. The van der Waals surface area contributed by atoms with Crippen LogP contribution in [0.2, 0.25) is 0 Å². The van der Waals surface area contributed by atoms with Crippen molar-refractivity contribution in [2.24, 2.45) is 5.41 Å². The summed E-state index contributed by atoms with van der Waals surface area (Å²) < 4.78 is 38.9. The number of hydrogen-bond donors (Lipinski definition) is 1. The average molecular weight is 415 g/mol. The summed E-state index contributed by atoms with van der Waals surface area (Å²) in [5.74, 6) is 0.943. The number of rotatable bonds is 4. The van der Waals surface area contributed by atoms with Gasteiger partial charge in [0, 0.05) is 30.7 Å². The lowest BCUT2D eigenvalue weighted by Crippen LogP contribution is -2.53. The second-order valence-corrected chi connectivity index (χ2v) is 8.02. The molecule has 0 aromatic carbocycles. The molecule has 0 aliphatic carbocycles. The molecule has 156 valence electrons. The molecule has 3 aromatic heterocycles. The van der Waals surface area contributed by atoms with Crippen molar-refractivity contribution in [3.8, 4) is 11.5 Å². The molecule has 3 aromatic rings. The van der Waals surface area contributed by atoms with E-state index in [1.165, 1.54) is 6.07 Å². The molecule has 4 rings (SSSR count). The summed E-state index contributed by atoms with van der Waals surface area (Å²) in [6.45, 7) is 7.68. The van der Waals surface area contributed by atoms with Crippen LogP contribution >= 0.6 is 0 Å². The first-order valence-electron chi connectivity index (χ1n) is 9.34. The predicted molar refractivity (Wildman–Crippen MR) is 106 cm³/mol. The van der Waals surface area contributed by atoms with Gasteiger partial charge in [-0.25, -0.2) is 4.98 Å². The van der Waals surface area contributed by atoms with Crippen LogP contribution in [0.25, 0.3) is 11.5 Å². The van der Waals surface area contributed by atoms with E-state index in [1.54, 1.807) is 6.07 Å². The lowest BCUT2D eigenvalue weighted by molar-refractivity contribution is -0.141. The molecule has 4 heterocycles. The number of anilines is 3. The highest BCUT2D eigenvalue weighted by Crippen LogP contribution is 2.33. The molecule has 0 bridgehead atoms. The molecule has 0 atom stereocenters. The van der Waals surface area contributed by atoms with E-state index in [0.29, 0.717) is 17.5 Å². The summed E-state index contributed by atoms with van der Waals surface area (Å²) in [6.07, 6.45) is -3.45. The van der Waals surface area contributed by atoms with Crippen LogP contribution in [-0.4, -0.2) is 38.0 Å². The molecule has 1 fully saturated rings. The standard InChI is InChI=1S/C20H20F3N7/c1-12-5-4-6-14(25-12)16-27-17(29-18(28-16)30-10-19(2,3)11-30)26-13-7-8-24-15(9-13)20(21,22)23/h4-9H,10-11H2,1-3H3,(H,24,26,27,28,29). The highest BCUT2D eigenvalue weighted by Gasteiger charge is 2.36. The maximum absolute atomic E-state index is 13.0. The smallest absolute Gasteiger partial charge is 0.339 e. The van der Waals surface area contributed by atoms with Gasteiger partial charge in [-0.15, -0.1) is 0 Å². The summed E-state index contributed by atoms with van der Waals surface area (Å²) >= 11 is 0. The largest absolute Gasteiger partial charge is 0.433 e. The number of hydrogen-bond acceptors (Lipinski definition) is 7. The molecule has 0 unspecified atom stereocenters. The van der Waals surface area contributed by atoms with Gasteiger partial charge in [0.1, 0.15) is 11.4 Å². The average Bonchev–Trinajstić information content (AvgIpc) is 2.65. The van der Waals surface area contributed by atoms with E-state index in [1.807, 2.05) is 24.0 Å². The van der Waals surface area contributed by atoms with E-state index >= 15 is 0 Å². The third-order valence-corrected chi connectivity index (χ3v) is 4.57. The molecule has 7 nitrogen and oxygen atoms in total. The van der Waals surface area contributed by atoms with E-state index in [4.69, 9.17) is 0 Å². The van der Waals surface area contributed by atoms with Gasteiger partial charge >= 0.3 is 6.18 Å². The van der Waals surface area contributed by atoms with Crippen LogP contribution < -0.4 is 10.2 Å². The molecular formula is C20H20F3N7. The first kappa shape index (κ1) is 20.0. The first-order valence-corrected chi connectivity index (χ1v) is 9.34. The van der Waals surface area contributed by atoms with Crippen molar-refractivity contribution in [3.05, 3.63) is 47.9 Å². The SMILES string of the molecule is Cc1cccc(-c2nc(Nc3ccnc(C(F)(F)F)c3)nc(N3CC(C)(C)C3)n2)n1. The molecule has 1 aliphatic heterocycles. The van der Waals surface area contributed by atoms with Crippen LogP contribution in [-0.2, 0) is 6.18 Å². The molecule has 1 saturated heterocycles. The second-order valence-electron chi connectivity index (χ2n) is 8.02. The second kappa shape index (κ2) is 7.19. The summed E-state index contributed by atoms with van der Waals surface area (Å²) in [5, 5.41) is 2.85. The number of alkyl halides is 3. The Morgan fingerprint density at radius 2 is 1.80 bits per heavy atom. The van der Waals surface area contributed by atoms with Crippen LogP contribution in [0.1, 0.15) is 25.2 Å². The Morgan fingerprint density at radius 1 is 1.03 bits per heavy atom. The molecule has 0 saturated carbocycles. The molecule has 0 spiro atoms. The van der Waals surface area contributed by atoms with Crippen molar-refractivity contribution in [2.75, 3.05) is 23.3 Å². The van der Waals surface area contributed by atoms with Gasteiger partial charge in [-0.1, -0.05) is 19.9 Å². The molecule has 10 heteroatoms. The molecular weight excluding hydrogens is 395 g/mol. The number of nitrogens with zero attached hydrogens (tertiary/aromatic N) is 6. The summed E-state index contributed by atoms with van der Waals surface area (Å²) in [7, 11) is 0. The summed E-state index contributed by atoms with van der Waals surface area (Å²) in [5.41, 5.74) is 0.702. The van der Waals surface area contributed by atoms with Crippen LogP contribution in [0, 0.1) is 12.3 Å². The summed E-state index contributed by atoms with van der Waals surface area (Å²) in [6, 6.07) is 7.83. The Hall–Kier alpha value is -3.30. The number of aryl methyl sites for hydroxylation is 1. The lowest BCUT2D eigenvalue weighted by Gasteiger charge is -2.45. The molecule has 1 aliphatic rings. The number of nitrogens with one attached hydrogen (secondary N) is 1. The van der Waals surface area contributed by atoms with Crippen LogP contribution in [0.15, 0.2) is 36.5 Å². The van der Waals surface area contributed by atoms with Crippen molar-refractivity contribution >= 4 is 17.6 Å². The van der Waals surface area contributed by atoms with Crippen molar-refractivity contribution in [2.45, 2.75) is 26.9 Å². The van der Waals surface area contributed by atoms with E-state index < -0.39 is 11.9 Å². The number of halogens is 3. The maximum atomic E-state index is 13.0. The monoisotopic (exact) mass is 415 g/mol. The fraction of sp³-hybridized carbons (Fsp3) is 0.350.